The fourth-order valence-corrected chi connectivity index (χ4v) is 3.12. The van der Waals surface area contributed by atoms with Crippen LogP contribution in [0.25, 0.3) is 0 Å². The fourth-order valence-electron chi connectivity index (χ4n) is 3.07. The van der Waals surface area contributed by atoms with Crippen molar-refractivity contribution in [2.24, 2.45) is 27.6 Å². The predicted molar refractivity (Wildman–Crippen MR) is 67.0 cm³/mol. The first-order valence-electron chi connectivity index (χ1n) is 5.48. The molecule has 2 fully saturated rings. The van der Waals surface area contributed by atoms with E-state index < -0.39 is 0 Å². The van der Waals surface area contributed by atoms with Gasteiger partial charge in [0.1, 0.15) is 5.71 Å². The number of nitrogens with zero attached hydrogens (tertiary/aromatic N) is 1. The first kappa shape index (κ1) is 11.5. The number of hydrazone groups is 1. The maximum Gasteiger partial charge on any atom is 0.185 e. The van der Waals surface area contributed by atoms with Gasteiger partial charge in [0.2, 0.25) is 0 Å². The summed E-state index contributed by atoms with van der Waals surface area (Å²) in [4.78, 5) is 12.3. The Kier molecular flexibility index (Phi) is 2.35. The number of hydrogen-bond donors (Lipinski definition) is 2. The first-order chi connectivity index (χ1) is 7.30. The van der Waals surface area contributed by atoms with Crippen molar-refractivity contribution in [2.75, 3.05) is 0 Å². The highest BCUT2D eigenvalue weighted by Crippen LogP contribution is 2.62. The summed E-state index contributed by atoms with van der Waals surface area (Å²) in [6.07, 6.45) is 1.97. The number of nitrogens with two attached hydrogens (primary N) is 1. The molecule has 0 spiro atoms. The topological polar surface area (TPSA) is 67.5 Å². The fraction of sp³-hybridized carbons (Fsp3) is 0.727. The molecule has 2 atom stereocenters. The van der Waals surface area contributed by atoms with Crippen LogP contribution in [0, 0.1) is 16.7 Å². The highest BCUT2D eigenvalue weighted by atomic mass is 32.1. The normalized spacial score (nSPS) is 38.1. The molecule has 0 heterocycles. The molecule has 2 saturated carbocycles. The lowest BCUT2D eigenvalue weighted by Gasteiger charge is -2.31. The summed E-state index contributed by atoms with van der Waals surface area (Å²) in [6, 6.07) is 0. The quantitative estimate of drug-likeness (QED) is 0.533. The van der Waals surface area contributed by atoms with E-state index in [1.54, 1.807) is 0 Å². The summed E-state index contributed by atoms with van der Waals surface area (Å²) in [6.45, 7) is 6.33. The summed E-state index contributed by atoms with van der Waals surface area (Å²) in [7, 11) is 0. The third-order valence-electron chi connectivity index (χ3n) is 4.58. The van der Waals surface area contributed by atoms with Crippen LogP contribution in [-0.2, 0) is 4.79 Å². The number of nitrogens with one attached hydrogen (secondary N) is 1. The third-order valence-corrected chi connectivity index (χ3v) is 4.67. The minimum absolute atomic E-state index is 0.0131. The van der Waals surface area contributed by atoms with Crippen LogP contribution in [0.1, 0.15) is 33.6 Å². The highest BCUT2D eigenvalue weighted by Gasteiger charge is 2.65. The van der Waals surface area contributed by atoms with Gasteiger partial charge in [0.25, 0.3) is 0 Å². The molecule has 2 aliphatic rings. The molecular weight excluding hydrogens is 222 g/mol. The Morgan fingerprint density at radius 3 is 2.62 bits per heavy atom. The Hall–Kier alpha value is -0.970. The smallest absolute Gasteiger partial charge is 0.185 e. The second-order valence-electron chi connectivity index (χ2n) is 5.45. The van der Waals surface area contributed by atoms with Gasteiger partial charge in [0.15, 0.2) is 10.9 Å². The molecule has 0 radical (unpaired) electrons. The van der Waals surface area contributed by atoms with Crippen LogP contribution in [0.5, 0.6) is 0 Å². The number of Topliss-reactive ketones (excluding diaryl/α,β-unsaturated/α-hetero) is 1. The molecule has 0 aromatic carbocycles. The van der Waals surface area contributed by atoms with Crippen molar-refractivity contribution in [1.82, 2.24) is 5.43 Å². The molecule has 2 rings (SSSR count). The van der Waals surface area contributed by atoms with Crippen molar-refractivity contribution in [3.63, 3.8) is 0 Å². The minimum Gasteiger partial charge on any atom is -0.375 e. The number of hydrogen-bond acceptors (Lipinski definition) is 3. The van der Waals surface area contributed by atoms with Gasteiger partial charge in [0.05, 0.1) is 0 Å². The molecule has 4 nitrogen and oxygen atoms in total. The van der Waals surface area contributed by atoms with Crippen LogP contribution < -0.4 is 11.2 Å². The molecule has 0 amide bonds. The number of thiocarbonyl (C=S) groups is 1. The Morgan fingerprint density at radius 1 is 1.56 bits per heavy atom. The first-order valence-corrected chi connectivity index (χ1v) is 5.89. The van der Waals surface area contributed by atoms with E-state index in [0.29, 0.717) is 5.71 Å². The van der Waals surface area contributed by atoms with Gasteiger partial charge in [-0.3, -0.25) is 10.2 Å². The SMILES string of the molecule is CC12CCC(C(=NNC(N)=S)C1=O)C2(C)C. The molecular formula is C11H17N3OS. The Morgan fingerprint density at radius 2 is 2.19 bits per heavy atom. The van der Waals surface area contributed by atoms with Gasteiger partial charge >= 0.3 is 0 Å². The number of ketones is 1. The predicted octanol–water partition coefficient (Wildman–Crippen LogP) is 1.20. The Bertz CT molecular complexity index is 402. The van der Waals surface area contributed by atoms with Crippen molar-refractivity contribution in [3.05, 3.63) is 0 Å². The van der Waals surface area contributed by atoms with E-state index in [0.717, 1.165) is 12.8 Å². The molecule has 0 aromatic rings. The highest BCUT2D eigenvalue weighted by molar-refractivity contribution is 7.80. The number of carbonyl (C=O) groups is 1. The van der Waals surface area contributed by atoms with Crippen molar-refractivity contribution in [1.29, 1.82) is 0 Å². The molecule has 88 valence electrons. The average Bonchev–Trinajstić information content (AvgIpc) is 2.47. The van der Waals surface area contributed by atoms with Crippen LogP contribution in [0.4, 0.5) is 0 Å². The van der Waals surface area contributed by atoms with E-state index in [1.165, 1.54) is 0 Å². The van der Waals surface area contributed by atoms with Crippen molar-refractivity contribution < 1.29 is 4.79 Å². The van der Waals surface area contributed by atoms with Crippen LogP contribution in [-0.4, -0.2) is 16.6 Å². The standard InChI is InChI=1S/C11H17N3OS/c1-10(2)6-4-5-11(10,3)8(15)7(6)13-14-9(12)16/h6H,4-5H2,1-3H3,(H3,12,14,16). The zero-order valence-corrected chi connectivity index (χ0v) is 10.6. The number of rotatable bonds is 1. The molecule has 2 aliphatic carbocycles. The van der Waals surface area contributed by atoms with Gasteiger partial charge < -0.3 is 5.73 Å². The summed E-state index contributed by atoms with van der Waals surface area (Å²) in [5, 5.41) is 4.18. The van der Waals surface area contributed by atoms with Crippen LogP contribution in [0.2, 0.25) is 0 Å². The van der Waals surface area contributed by atoms with Crippen LogP contribution in [0.3, 0.4) is 0 Å². The lowest BCUT2D eigenvalue weighted by Crippen LogP contribution is -2.34. The lowest BCUT2D eigenvalue weighted by atomic mass is 9.70. The van der Waals surface area contributed by atoms with E-state index in [-0.39, 0.29) is 27.6 Å². The maximum absolute atomic E-state index is 12.3. The second-order valence-corrected chi connectivity index (χ2v) is 5.89. The van der Waals surface area contributed by atoms with Crippen LogP contribution >= 0.6 is 12.2 Å². The molecule has 0 aromatic heterocycles. The summed E-state index contributed by atoms with van der Waals surface area (Å²) in [5.41, 5.74) is 8.19. The summed E-state index contributed by atoms with van der Waals surface area (Å²) in [5.74, 6) is 0.379. The van der Waals surface area contributed by atoms with Crippen molar-refractivity contribution >= 4 is 28.8 Å². The molecule has 2 bridgehead atoms. The van der Waals surface area contributed by atoms with Crippen molar-refractivity contribution in [2.45, 2.75) is 33.6 Å². The lowest BCUT2D eigenvalue weighted by molar-refractivity contribution is -0.123. The zero-order chi connectivity index (χ0) is 12.1. The van der Waals surface area contributed by atoms with Gasteiger partial charge in [-0.1, -0.05) is 20.8 Å². The molecule has 0 saturated heterocycles. The monoisotopic (exact) mass is 239 g/mol. The Labute approximate surface area is 101 Å². The van der Waals surface area contributed by atoms with Gasteiger partial charge in [-0.05, 0) is 30.5 Å². The van der Waals surface area contributed by atoms with E-state index in [4.69, 9.17) is 5.73 Å². The number of carbonyl (C=O) groups excluding carboxylic acids is 1. The van der Waals surface area contributed by atoms with E-state index in [1.807, 2.05) is 6.92 Å². The summed E-state index contributed by atoms with van der Waals surface area (Å²) < 4.78 is 0. The second kappa shape index (κ2) is 3.26. The summed E-state index contributed by atoms with van der Waals surface area (Å²) >= 11 is 4.69. The van der Waals surface area contributed by atoms with Gasteiger partial charge in [0, 0.05) is 11.3 Å². The van der Waals surface area contributed by atoms with E-state index >= 15 is 0 Å². The average molecular weight is 239 g/mol. The maximum atomic E-state index is 12.3. The van der Waals surface area contributed by atoms with Gasteiger partial charge in [-0.25, -0.2) is 0 Å². The molecule has 16 heavy (non-hydrogen) atoms. The Balaban J connectivity index is 2.37. The van der Waals surface area contributed by atoms with E-state index in [2.05, 4.69) is 36.6 Å². The van der Waals surface area contributed by atoms with E-state index in [9.17, 15) is 4.79 Å². The van der Waals surface area contributed by atoms with Gasteiger partial charge in [-0.2, -0.15) is 5.10 Å². The minimum atomic E-state index is -0.269. The molecule has 3 N–H and O–H groups in total. The molecule has 2 unspecified atom stereocenters. The van der Waals surface area contributed by atoms with Gasteiger partial charge in [-0.15, -0.1) is 0 Å². The van der Waals surface area contributed by atoms with Crippen molar-refractivity contribution in [3.8, 4) is 0 Å². The zero-order valence-electron chi connectivity index (χ0n) is 9.83. The molecule has 5 heteroatoms. The third kappa shape index (κ3) is 1.24. The number of fused-ring (bicyclic) bond motifs is 2. The largest absolute Gasteiger partial charge is 0.375 e. The van der Waals surface area contributed by atoms with Crippen LogP contribution in [0.15, 0.2) is 5.10 Å². The molecule has 0 aliphatic heterocycles.